The number of carbonyl (C=O) groups is 1. The molecule has 1 aliphatic heterocycles. The lowest BCUT2D eigenvalue weighted by Crippen LogP contribution is -2.57. The molecular formula is C14H26O6. The summed E-state index contributed by atoms with van der Waals surface area (Å²) in [4.78, 5) is 11.6. The monoisotopic (exact) mass is 290 g/mol. The molecule has 118 valence electrons. The molecule has 1 heterocycles. The van der Waals surface area contributed by atoms with Crippen LogP contribution >= 0.6 is 0 Å². The minimum Gasteiger partial charge on any atom is -0.466 e. The zero-order valence-corrected chi connectivity index (χ0v) is 12.2. The highest BCUT2D eigenvalue weighted by Gasteiger charge is 2.42. The molecule has 0 aromatic carbocycles. The van der Waals surface area contributed by atoms with Gasteiger partial charge in [0, 0.05) is 0 Å². The summed E-state index contributed by atoms with van der Waals surface area (Å²) in [5.41, 5.74) is 0. The van der Waals surface area contributed by atoms with Crippen LogP contribution in [0.25, 0.3) is 0 Å². The lowest BCUT2D eigenvalue weighted by Gasteiger charge is -2.39. The molecule has 0 spiro atoms. The third-order valence-electron chi connectivity index (χ3n) is 3.58. The van der Waals surface area contributed by atoms with E-state index in [-0.39, 0.29) is 6.42 Å². The van der Waals surface area contributed by atoms with Gasteiger partial charge in [-0.3, -0.25) is 4.79 Å². The molecule has 6 nitrogen and oxygen atoms in total. The highest BCUT2D eigenvalue weighted by molar-refractivity contribution is 5.70. The first-order chi connectivity index (χ1) is 9.47. The summed E-state index contributed by atoms with van der Waals surface area (Å²) in [7, 11) is 0. The van der Waals surface area contributed by atoms with Gasteiger partial charge in [-0.2, -0.15) is 0 Å². The molecule has 0 aromatic heterocycles. The van der Waals surface area contributed by atoms with Crippen molar-refractivity contribution in [2.24, 2.45) is 0 Å². The van der Waals surface area contributed by atoms with Gasteiger partial charge in [-0.05, 0) is 13.3 Å². The second-order valence-corrected chi connectivity index (χ2v) is 5.34. The van der Waals surface area contributed by atoms with Crippen LogP contribution in [0.15, 0.2) is 0 Å². The van der Waals surface area contributed by atoms with E-state index in [0.717, 1.165) is 25.7 Å². The van der Waals surface area contributed by atoms with Gasteiger partial charge in [0.1, 0.15) is 18.3 Å². The first-order valence-electron chi connectivity index (χ1n) is 7.32. The standard InChI is InChI=1S/C14H26O6/c1-3-4-5-6-7-19-11(15)8-10-13(17)14(18)12(16)9(2)20-10/h9-10,12-14,16-18H,3-8H2,1-2H3/t9-,10?,12-,13-,14+/m0/s1. The Morgan fingerprint density at radius 1 is 1.10 bits per heavy atom. The van der Waals surface area contributed by atoms with Crippen LogP contribution in [-0.2, 0) is 14.3 Å². The number of hydrogen-bond acceptors (Lipinski definition) is 6. The topological polar surface area (TPSA) is 96.2 Å². The summed E-state index contributed by atoms with van der Waals surface area (Å²) in [5.74, 6) is -0.457. The van der Waals surface area contributed by atoms with Gasteiger partial charge in [0.05, 0.1) is 25.2 Å². The van der Waals surface area contributed by atoms with Crippen LogP contribution in [-0.4, -0.2) is 58.4 Å². The van der Waals surface area contributed by atoms with Crippen molar-refractivity contribution >= 4 is 5.97 Å². The lowest BCUT2D eigenvalue weighted by molar-refractivity contribution is -0.220. The average Bonchev–Trinajstić information content (AvgIpc) is 2.42. The van der Waals surface area contributed by atoms with Crippen molar-refractivity contribution in [3.63, 3.8) is 0 Å². The minimum atomic E-state index is -1.30. The number of unbranched alkanes of at least 4 members (excludes halogenated alkanes) is 3. The molecule has 5 atom stereocenters. The van der Waals surface area contributed by atoms with E-state index in [1.54, 1.807) is 6.92 Å². The molecule has 0 bridgehead atoms. The largest absolute Gasteiger partial charge is 0.466 e. The average molecular weight is 290 g/mol. The van der Waals surface area contributed by atoms with Crippen LogP contribution in [0, 0.1) is 0 Å². The van der Waals surface area contributed by atoms with Crippen molar-refractivity contribution in [3.8, 4) is 0 Å². The smallest absolute Gasteiger partial charge is 0.308 e. The molecule has 1 fully saturated rings. The van der Waals surface area contributed by atoms with Crippen molar-refractivity contribution in [2.45, 2.75) is 76.5 Å². The summed E-state index contributed by atoms with van der Waals surface area (Å²) in [5, 5.41) is 29.0. The Hall–Kier alpha value is -0.690. The number of aliphatic hydroxyl groups is 3. The molecule has 1 rings (SSSR count). The fourth-order valence-corrected chi connectivity index (χ4v) is 2.24. The van der Waals surface area contributed by atoms with Crippen molar-refractivity contribution in [3.05, 3.63) is 0 Å². The normalized spacial score (nSPS) is 34.0. The quantitative estimate of drug-likeness (QED) is 0.463. The highest BCUT2D eigenvalue weighted by Crippen LogP contribution is 2.23. The summed E-state index contributed by atoms with van der Waals surface area (Å²) in [6.07, 6.45) is -1.25. The van der Waals surface area contributed by atoms with Crippen molar-refractivity contribution in [1.82, 2.24) is 0 Å². The minimum absolute atomic E-state index is 0.122. The maximum Gasteiger partial charge on any atom is 0.308 e. The molecule has 1 unspecified atom stereocenters. The summed E-state index contributed by atoms with van der Waals surface area (Å²) in [6.45, 7) is 4.06. The summed E-state index contributed by atoms with van der Waals surface area (Å²) < 4.78 is 10.4. The molecule has 0 saturated carbocycles. The van der Waals surface area contributed by atoms with Crippen LogP contribution in [0.4, 0.5) is 0 Å². The van der Waals surface area contributed by atoms with Crippen molar-refractivity contribution in [2.75, 3.05) is 6.61 Å². The van der Waals surface area contributed by atoms with Crippen LogP contribution in [0.1, 0.15) is 46.0 Å². The molecule has 0 radical (unpaired) electrons. The molecule has 0 aromatic rings. The predicted molar refractivity (Wildman–Crippen MR) is 72.1 cm³/mol. The van der Waals surface area contributed by atoms with E-state index in [4.69, 9.17) is 9.47 Å². The van der Waals surface area contributed by atoms with Gasteiger partial charge < -0.3 is 24.8 Å². The maximum absolute atomic E-state index is 11.6. The van der Waals surface area contributed by atoms with Gasteiger partial charge in [0.2, 0.25) is 0 Å². The van der Waals surface area contributed by atoms with E-state index in [0.29, 0.717) is 6.61 Å². The Morgan fingerprint density at radius 3 is 2.45 bits per heavy atom. The SMILES string of the molecule is CCCCCCOC(=O)CC1O[C@@H](C)[C@H](O)[C@@H](O)[C@H]1O. The molecule has 6 heteroatoms. The van der Waals surface area contributed by atoms with Crippen molar-refractivity contribution in [1.29, 1.82) is 0 Å². The van der Waals surface area contributed by atoms with Crippen LogP contribution in [0.5, 0.6) is 0 Å². The second-order valence-electron chi connectivity index (χ2n) is 5.34. The van der Waals surface area contributed by atoms with Gasteiger partial charge >= 0.3 is 5.97 Å². The van der Waals surface area contributed by atoms with Gasteiger partial charge in [0.15, 0.2) is 0 Å². The first-order valence-corrected chi connectivity index (χ1v) is 7.32. The van der Waals surface area contributed by atoms with Gasteiger partial charge in [-0.1, -0.05) is 26.2 Å². The Labute approximate surface area is 119 Å². The number of aliphatic hydroxyl groups excluding tert-OH is 3. The molecular weight excluding hydrogens is 264 g/mol. The molecule has 0 aliphatic carbocycles. The summed E-state index contributed by atoms with van der Waals surface area (Å²) in [6, 6.07) is 0. The number of esters is 1. The zero-order chi connectivity index (χ0) is 15.1. The number of ether oxygens (including phenoxy) is 2. The van der Waals surface area contributed by atoms with E-state index < -0.39 is 36.5 Å². The first kappa shape index (κ1) is 17.4. The third kappa shape index (κ3) is 5.01. The van der Waals surface area contributed by atoms with Gasteiger partial charge in [-0.25, -0.2) is 0 Å². The fourth-order valence-electron chi connectivity index (χ4n) is 2.24. The van der Waals surface area contributed by atoms with E-state index in [2.05, 4.69) is 6.92 Å². The lowest BCUT2D eigenvalue weighted by atomic mass is 9.94. The van der Waals surface area contributed by atoms with Crippen LogP contribution in [0.3, 0.4) is 0 Å². The number of carbonyl (C=O) groups excluding carboxylic acids is 1. The molecule has 1 aliphatic rings. The van der Waals surface area contributed by atoms with Crippen LogP contribution in [0.2, 0.25) is 0 Å². The third-order valence-corrected chi connectivity index (χ3v) is 3.58. The van der Waals surface area contributed by atoms with Crippen LogP contribution < -0.4 is 0 Å². The Kier molecular flexibility index (Phi) is 7.43. The Morgan fingerprint density at radius 2 is 1.80 bits per heavy atom. The van der Waals surface area contributed by atoms with E-state index >= 15 is 0 Å². The van der Waals surface area contributed by atoms with Gasteiger partial charge in [-0.15, -0.1) is 0 Å². The molecule has 0 amide bonds. The molecule has 20 heavy (non-hydrogen) atoms. The van der Waals surface area contributed by atoms with Crippen molar-refractivity contribution < 1.29 is 29.6 Å². The van der Waals surface area contributed by atoms with E-state index in [9.17, 15) is 20.1 Å². The van der Waals surface area contributed by atoms with E-state index in [1.807, 2.05) is 0 Å². The molecule has 3 N–H and O–H groups in total. The molecule has 1 saturated heterocycles. The van der Waals surface area contributed by atoms with E-state index in [1.165, 1.54) is 0 Å². The number of hydrogen-bond donors (Lipinski definition) is 3. The summed E-state index contributed by atoms with van der Waals surface area (Å²) >= 11 is 0. The Bertz CT molecular complexity index is 295. The maximum atomic E-state index is 11.6. The van der Waals surface area contributed by atoms with Gasteiger partial charge in [0.25, 0.3) is 0 Å². The zero-order valence-electron chi connectivity index (χ0n) is 12.2. The highest BCUT2D eigenvalue weighted by atomic mass is 16.6. The number of rotatable bonds is 7. The fraction of sp³-hybridized carbons (Fsp3) is 0.929. The second kappa shape index (κ2) is 8.56. The Balaban J connectivity index is 2.30. The predicted octanol–water partition coefficient (Wildman–Crippen LogP) is 0.370.